The number of carboxylic acids is 1. The Morgan fingerprint density at radius 2 is 1.94 bits per heavy atom. The Kier molecular flexibility index (Phi) is 3.75. The first kappa shape index (κ1) is 13.1. The summed E-state index contributed by atoms with van der Waals surface area (Å²) in [6.45, 7) is 2.93. The first-order valence-electron chi connectivity index (χ1n) is 6.43. The fourth-order valence-electron chi connectivity index (χ4n) is 2.74. The highest BCUT2D eigenvalue weighted by Crippen LogP contribution is 2.27. The van der Waals surface area contributed by atoms with Crippen LogP contribution in [0.3, 0.4) is 0 Å². The summed E-state index contributed by atoms with van der Waals surface area (Å²) in [6.07, 6.45) is 2.66. The third kappa shape index (κ3) is 2.43. The summed E-state index contributed by atoms with van der Waals surface area (Å²) in [6, 6.07) is -0.956. The molecule has 0 aromatic carbocycles. The molecule has 2 aliphatic rings. The van der Waals surface area contributed by atoms with Crippen molar-refractivity contribution in [1.29, 1.82) is 0 Å². The molecule has 2 aliphatic heterocycles. The number of likely N-dealkylation sites (tertiary alicyclic amines) is 1. The van der Waals surface area contributed by atoms with Crippen LogP contribution in [0.5, 0.6) is 0 Å². The van der Waals surface area contributed by atoms with E-state index >= 15 is 0 Å². The number of carbonyl (C=O) groups excluding carboxylic acids is 1. The maximum Gasteiger partial charge on any atom is 0.326 e. The van der Waals surface area contributed by atoms with Gasteiger partial charge in [0.2, 0.25) is 0 Å². The van der Waals surface area contributed by atoms with Crippen molar-refractivity contribution in [3.63, 3.8) is 0 Å². The van der Waals surface area contributed by atoms with Crippen molar-refractivity contribution in [2.24, 2.45) is 0 Å². The van der Waals surface area contributed by atoms with Crippen LogP contribution in [0.1, 0.15) is 26.2 Å². The van der Waals surface area contributed by atoms with Crippen LogP contribution in [0.2, 0.25) is 0 Å². The number of ether oxygens (including phenoxy) is 1. The number of amides is 2. The molecule has 0 saturated carbocycles. The minimum atomic E-state index is -0.954. The van der Waals surface area contributed by atoms with Gasteiger partial charge in [-0.25, -0.2) is 9.59 Å². The fraction of sp³-hybridized carbons (Fsp3) is 0.833. The molecule has 18 heavy (non-hydrogen) atoms. The number of likely N-dealkylation sites (N-methyl/N-ethyl adjacent to an activating group) is 1. The molecular weight excluding hydrogens is 236 g/mol. The lowest BCUT2D eigenvalue weighted by Gasteiger charge is -2.36. The second-order valence-corrected chi connectivity index (χ2v) is 5.02. The van der Waals surface area contributed by atoms with E-state index in [1.807, 2.05) is 0 Å². The van der Waals surface area contributed by atoms with Gasteiger partial charge in [0, 0.05) is 20.1 Å². The van der Waals surface area contributed by atoms with Crippen LogP contribution in [0, 0.1) is 0 Å². The molecule has 0 aliphatic carbocycles. The molecule has 0 aromatic heterocycles. The molecule has 3 unspecified atom stereocenters. The summed E-state index contributed by atoms with van der Waals surface area (Å²) in [5.74, 6) is -0.954. The Morgan fingerprint density at radius 1 is 1.39 bits per heavy atom. The van der Waals surface area contributed by atoms with Gasteiger partial charge < -0.3 is 19.6 Å². The average Bonchev–Trinajstić information content (AvgIpc) is 2.67. The monoisotopic (exact) mass is 256 g/mol. The van der Waals surface area contributed by atoms with Crippen LogP contribution in [-0.4, -0.2) is 65.3 Å². The first-order valence-corrected chi connectivity index (χ1v) is 6.43. The second-order valence-electron chi connectivity index (χ2n) is 5.02. The van der Waals surface area contributed by atoms with Crippen LogP contribution in [0.4, 0.5) is 4.79 Å². The number of hydrogen-bond acceptors (Lipinski definition) is 3. The van der Waals surface area contributed by atoms with Crippen molar-refractivity contribution >= 4 is 12.0 Å². The Labute approximate surface area is 106 Å². The topological polar surface area (TPSA) is 70.1 Å². The van der Waals surface area contributed by atoms with Gasteiger partial charge in [0.15, 0.2) is 0 Å². The van der Waals surface area contributed by atoms with E-state index in [-0.39, 0.29) is 18.2 Å². The maximum absolute atomic E-state index is 12.3. The number of morpholine rings is 1. The van der Waals surface area contributed by atoms with Crippen molar-refractivity contribution in [2.75, 3.05) is 20.1 Å². The summed E-state index contributed by atoms with van der Waals surface area (Å²) in [4.78, 5) is 26.4. The molecule has 0 spiro atoms. The van der Waals surface area contributed by atoms with E-state index in [4.69, 9.17) is 9.84 Å². The van der Waals surface area contributed by atoms with E-state index in [0.29, 0.717) is 19.5 Å². The first-order chi connectivity index (χ1) is 8.52. The van der Waals surface area contributed by atoms with Crippen LogP contribution >= 0.6 is 0 Å². The Morgan fingerprint density at radius 3 is 2.39 bits per heavy atom. The van der Waals surface area contributed by atoms with E-state index < -0.39 is 12.0 Å². The van der Waals surface area contributed by atoms with Crippen molar-refractivity contribution < 1.29 is 19.4 Å². The third-order valence-electron chi connectivity index (χ3n) is 3.76. The number of aliphatic carboxylic acids is 1. The maximum atomic E-state index is 12.3. The number of hydrogen-bond donors (Lipinski definition) is 1. The van der Waals surface area contributed by atoms with E-state index in [0.717, 1.165) is 12.8 Å². The normalized spacial score (nSPS) is 28.0. The minimum absolute atomic E-state index is 0.131. The predicted molar refractivity (Wildman–Crippen MR) is 64.3 cm³/mol. The van der Waals surface area contributed by atoms with Gasteiger partial charge in [-0.05, 0) is 19.3 Å². The van der Waals surface area contributed by atoms with Crippen LogP contribution < -0.4 is 0 Å². The van der Waals surface area contributed by atoms with Crippen molar-refractivity contribution in [1.82, 2.24) is 9.80 Å². The highest BCUT2D eigenvalue weighted by atomic mass is 16.5. The SMILES string of the molecule is CCC(C(=O)O)N(C)C(=O)N1CC2CCC(C1)O2. The lowest BCUT2D eigenvalue weighted by atomic mass is 10.2. The summed E-state index contributed by atoms with van der Waals surface area (Å²) >= 11 is 0. The third-order valence-corrected chi connectivity index (χ3v) is 3.76. The minimum Gasteiger partial charge on any atom is -0.480 e. The standard InChI is InChI=1S/C12H20N2O4/c1-3-10(11(15)16)13(2)12(17)14-6-8-4-5-9(7-14)18-8/h8-10H,3-7H2,1-2H3,(H,15,16). The summed E-state index contributed by atoms with van der Waals surface area (Å²) in [5, 5.41) is 9.07. The number of urea groups is 1. The molecule has 2 rings (SSSR count). The molecule has 2 bridgehead atoms. The number of fused-ring (bicyclic) bond motifs is 2. The molecule has 0 aromatic rings. The number of rotatable bonds is 3. The van der Waals surface area contributed by atoms with Gasteiger partial charge in [0.25, 0.3) is 0 Å². The van der Waals surface area contributed by atoms with Crippen molar-refractivity contribution in [3.05, 3.63) is 0 Å². The zero-order valence-electron chi connectivity index (χ0n) is 10.8. The number of nitrogens with zero attached hydrogens (tertiary/aromatic N) is 2. The Hall–Kier alpha value is -1.30. The summed E-state index contributed by atoms with van der Waals surface area (Å²) < 4.78 is 5.66. The van der Waals surface area contributed by atoms with Crippen LogP contribution in [0.15, 0.2) is 0 Å². The largest absolute Gasteiger partial charge is 0.480 e. The van der Waals surface area contributed by atoms with E-state index in [1.54, 1.807) is 18.9 Å². The highest BCUT2D eigenvalue weighted by Gasteiger charge is 2.38. The van der Waals surface area contributed by atoms with Crippen LogP contribution in [-0.2, 0) is 9.53 Å². The van der Waals surface area contributed by atoms with E-state index in [1.165, 1.54) is 4.90 Å². The summed E-state index contributed by atoms with van der Waals surface area (Å²) in [7, 11) is 1.56. The number of carboxylic acid groups (broad SMARTS) is 1. The summed E-state index contributed by atoms with van der Waals surface area (Å²) in [5.41, 5.74) is 0. The zero-order chi connectivity index (χ0) is 13.3. The molecule has 2 saturated heterocycles. The molecular formula is C12H20N2O4. The van der Waals surface area contributed by atoms with Gasteiger partial charge in [0.1, 0.15) is 6.04 Å². The Balaban J connectivity index is 2.00. The molecule has 2 amide bonds. The Bertz CT molecular complexity index is 335. The molecule has 2 fully saturated rings. The zero-order valence-corrected chi connectivity index (χ0v) is 10.8. The van der Waals surface area contributed by atoms with Gasteiger partial charge in [-0.15, -0.1) is 0 Å². The van der Waals surface area contributed by atoms with Gasteiger partial charge in [0.05, 0.1) is 12.2 Å². The molecule has 6 nitrogen and oxygen atoms in total. The van der Waals surface area contributed by atoms with Crippen LogP contribution in [0.25, 0.3) is 0 Å². The molecule has 2 heterocycles. The van der Waals surface area contributed by atoms with E-state index in [9.17, 15) is 9.59 Å². The van der Waals surface area contributed by atoms with Crippen molar-refractivity contribution in [3.8, 4) is 0 Å². The molecule has 3 atom stereocenters. The lowest BCUT2D eigenvalue weighted by molar-refractivity contribution is -0.142. The number of carbonyl (C=O) groups is 2. The predicted octanol–water partition coefficient (Wildman–Crippen LogP) is 0.765. The average molecular weight is 256 g/mol. The van der Waals surface area contributed by atoms with Gasteiger partial charge in [-0.1, -0.05) is 6.92 Å². The lowest BCUT2D eigenvalue weighted by Crippen LogP contribution is -2.53. The molecule has 1 N–H and O–H groups in total. The smallest absolute Gasteiger partial charge is 0.326 e. The molecule has 102 valence electrons. The van der Waals surface area contributed by atoms with Gasteiger partial charge in [-0.2, -0.15) is 0 Å². The highest BCUT2D eigenvalue weighted by molar-refractivity contribution is 5.82. The second kappa shape index (κ2) is 5.14. The van der Waals surface area contributed by atoms with Gasteiger partial charge >= 0.3 is 12.0 Å². The van der Waals surface area contributed by atoms with Gasteiger partial charge in [-0.3, -0.25) is 0 Å². The molecule has 6 heteroatoms. The van der Waals surface area contributed by atoms with Crippen molar-refractivity contribution in [2.45, 2.75) is 44.4 Å². The quantitative estimate of drug-likeness (QED) is 0.809. The fourth-order valence-corrected chi connectivity index (χ4v) is 2.74. The van der Waals surface area contributed by atoms with E-state index in [2.05, 4.69) is 0 Å². The molecule has 0 radical (unpaired) electrons.